The van der Waals surface area contributed by atoms with E-state index < -0.39 is 24.1 Å². The monoisotopic (exact) mass is 625 g/mol. The first-order valence-electron chi connectivity index (χ1n) is 13.3. The van der Waals surface area contributed by atoms with Gasteiger partial charge in [-0.1, -0.05) is 30.3 Å². The Hall–Kier alpha value is -3.41. The molecule has 1 amide bonds. The SMILES string of the molecule is Cl.Cl.O=C(Nc1cc(CN2CCC[C@H]2C(F)(F)F)cc(-c2ccccc2)c1)c1cnc(N2CCC(C(=O)O)CC2)cn1. The molecule has 2 aliphatic heterocycles. The Labute approximate surface area is 254 Å². The van der Waals surface area contributed by atoms with E-state index in [0.717, 1.165) is 11.1 Å². The zero-order chi connectivity index (χ0) is 28.3. The summed E-state index contributed by atoms with van der Waals surface area (Å²) in [5.41, 5.74) is 2.86. The summed E-state index contributed by atoms with van der Waals surface area (Å²) in [6.07, 6.45) is 0.166. The topological polar surface area (TPSA) is 98.7 Å². The molecule has 0 aliphatic carbocycles. The normalized spacial score (nSPS) is 17.7. The number of carboxylic acids is 1. The van der Waals surface area contributed by atoms with Crippen LogP contribution >= 0.6 is 24.8 Å². The van der Waals surface area contributed by atoms with Crippen LogP contribution in [0.25, 0.3) is 11.1 Å². The number of anilines is 2. The first-order valence-corrected chi connectivity index (χ1v) is 13.3. The lowest BCUT2D eigenvalue weighted by Crippen LogP contribution is -2.40. The predicted octanol–water partition coefficient (Wildman–Crippen LogP) is 6.07. The van der Waals surface area contributed by atoms with Crippen LogP contribution in [0.5, 0.6) is 0 Å². The largest absolute Gasteiger partial charge is 0.481 e. The van der Waals surface area contributed by atoms with Crippen LogP contribution in [0.4, 0.5) is 24.7 Å². The number of piperidine rings is 1. The number of aliphatic carboxylic acids is 1. The molecule has 0 unspecified atom stereocenters. The van der Waals surface area contributed by atoms with Crippen molar-refractivity contribution in [3.8, 4) is 11.1 Å². The van der Waals surface area contributed by atoms with E-state index in [1.165, 1.54) is 17.3 Å². The Kier molecular flexibility index (Phi) is 11.2. The molecular weight excluding hydrogens is 594 g/mol. The van der Waals surface area contributed by atoms with Crippen LogP contribution in [0.1, 0.15) is 41.7 Å². The number of hydrogen-bond acceptors (Lipinski definition) is 6. The Morgan fingerprint density at radius 2 is 1.64 bits per heavy atom. The summed E-state index contributed by atoms with van der Waals surface area (Å²) in [6, 6.07) is 13.3. The maximum absolute atomic E-state index is 13.6. The van der Waals surface area contributed by atoms with Crippen molar-refractivity contribution in [2.24, 2.45) is 5.92 Å². The number of nitrogens with zero attached hydrogens (tertiary/aromatic N) is 4. The number of hydrogen-bond donors (Lipinski definition) is 2. The summed E-state index contributed by atoms with van der Waals surface area (Å²) >= 11 is 0. The third-order valence-corrected chi connectivity index (χ3v) is 7.52. The van der Waals surface area contributed by atoms with Crippen molar-refractivity contribution in [1.82, 2.24) is 14.9 Å². The van der Waals surface area contributed by atoms with Crippen LogP contribution < -0.4 is 10.2 Å². The smallest absolute Gasteiger partial charge is 0.404 e. The van der Waals surface area contributed by atoms with E-state index in [9.17, 15) is 27.9 Å². The quantitative estimate of drug-likeness (QED) is 0.329. The van der Waals surface area contributed by atoms with Gasteiger partial charge in [0, 0.05) is 25.3 Å². The summed E-state index contributed by atoms with van der Waals surface area (Å²) in [6.45, 7) is 1.55. The first kappa shape index (κ1) is 33.1. The number of carboxylic acid groups (broad SMARTS) is 1. The summed E-state index contributed by atoms with van der Waals surface area (Å²) in [5, 5.41) is 12.0. The van der Waals surface area contributed by atoms with Gasteiger partial charge in [0.25, 0.3) is 5.91 Å². The summed E-state index contributed by atoms with van der Waals surface area (Å²) in [4.78, 5) is 36.3. The molecule has 0 radical (unpaired) electrons. The lowest BCUT2D eigenvalue weighted by Gasteiger charge is -2.30. The molecule has 0 spiro atoms. The number of alkyl halides is 3. The molecule has 8 nitrogen and oxygen atoms in total. The van der Waals surface area contributed by atoms with Gasteiger partial charge >= 0.3 is 12.1 Å². The van der Waals surface area contributed by atoms with Crippen LogP contribution in [0, 0.1) is 5.92 Å². The lowest BCUT2D eigenvalue weighted by molar-refractivity contribution is -0.177. The maximum atomic E-state index is 13.6. The van der Waals surface area contributed by atoms with Crippen molar-refractivity contribution in [3.63, 3.8) is 0 Å². The predicted molar refractivity (Wildman–Crippen MR) is 158 cm³/mol. The Morgan fingerprint density at radius 1 is 0.929 bits per heavy atom. The molecule has 0 saturated carbocycles. The fourth-order valence-electron chi connectivity index (χ4n) is 5.43. The zero-order valence-corrected chi connectivity index (χ0v) is 24.2. The summed E-state index contributed by atoms with van der Waals surface area (Å²) in [7, 11) is 0. The van der Waals surface area contributed by atoms with Crippen molar-refractivity contribution >= 4 is 48.2 Å². The second-order valence-electron chi connectivity index (χ2n) is 10.3. The van der Waals surface area contributed by atoms with Gasteiger partial charge in [0.2, 0.25) is 0 Å². The molecule has 1 atom stereocenters. The first-order chi connectivity index (χ1) is 19.2. The highest BCUT2D eigenvalue weighted by Gasteiger charge is 2.45. The molecule has 2 aromatic carbocycles. The van der Waals surface area contributed by atoms with Crippen molar-refractivity contribution in [3.05, 3.63) is 72.2 Å². The van der Waals surface area contributed by atoms with E-state index in [1.54, 1.807) is 12.1 Å². The summed E-state index contributed by atoms with van der Waals surface area (Å²) < 4.78 is 40.7. The van der Waals surface area contributed by atoms with Gasteiger partial charge in [0.05, 0.1) is 18.3 Å². The third-order valence-electron chi connectivity index (χ3n) is 7.52. The second kappa shape index (κ2) is 14.2. The molecule has 2 N–H and O–H groups in total. The second-order valence-corrected chi connectivity index (χ2v) is 10.3. The number of rotatable bonds is 7. The number of carbonyl (C=O) groups is 2. The highest BCUT2D eigenvalue weighted by Crippen LogP contribution is 2.34. The van der Waals surface area contributed by atoms with Gasteiger partial charge in [-0.25, -0.2) is 9.97 Å². The highest BCUT2D eigenvalue weighted by atomic mass is 35.5. The highest BCUT2D eigenvalue weighted by molar-refractivity contribution is 6.03. The van der Waals surface area contributed by atoms with Gasteiger partial charge in [-0.3, -0.25) is 14.5 Å². The molecule has 3 aromatic rings. The molecule has 13 heteroatoms. The number of aromatic nitrogens is 2. The summed E-state index contributed by atoms with van der Waals surface area (Å²) in [5.74, 6) is -1.08. The van der Waals surface area contributed by atoms with E-state index in [2.05, 4.69) is 15.3 Å². The average molecular weight is 627 g/mol. The van der Waals surface area contributed by atoms with E-state index in [-0.39, 0.29) is 49.4 Å². The molecule has 5 rings (SSSR count). The van der Waals surface area contributed by atoms with Crippen molar-refractivity contribution in [1.29, 1.82) is 0 Å². The van der Waals surface area contributed by atoms with Crippen LogP contribution in [0.2, 0.25) is 0 Å². The van der Waals surface area contributed by atoms with E-state index in [4.69, 9.17) is 0 Å². The van der Waals surface area contributed by atoms with Gasteiger partial charge < -0.3 is 15.3 Å². The van der Waals surface area contributed by atoms with Gasteiger partial charge in [0.1, 0.15) is 17.6 Å². The fourth-order valence-corrected chi connectivity index (χ4v) is 5.43. The molecule has 226 valence electrons. The number of carbonyl (C=O) groups excluding carboxylic acids is 1. The molecule has 42 heavy (non-hydrogen) atoms. The van der Waals surface area contributed by atoms with E-state index >= 15 is 0 Å². The Bertz CT molecular complexity index is 1350. The molecular formula is C29H32Cl2F3N5O3. The number of amides is 1. The molecule has 2 saturated heterocycles. The number of halogens is 5. The minimum Gasteiger partial charge on any atom is -0.481 e. The number of benzene rings is 2. The Balaban J connectivity index is 0.00000242. The molecule has 3 heterocycles. The van der Waals surface area contributed by atoms with Gasteiger partial charge in [-0.05, 0) is 67.1 Å². The standard InChI is InChI=1S/C29H30F3N5O3.2ClH/c30-29(31,32)25-7-4-10-37(25)18-19-13-22(20-5-2-1-3-6-20)15-23(14-19)35-27(38)24-16-34-26(17-33-24)36-11-8-21(9-12-36)28(39)40;;/h1-3,5-6,13-17,21,25H,4,7-12,18H2,(H,35,38)(H,39,40);2*1H/t25-;;/m0../s1. The van der Waals surface area contributed by atoms with Crippen molar-refractivity contribution in [2.75, 3.05) is 29.9 Å². The number of likely N-dealkylation sites (tertiary alicyclic amines) is 1. The van der Waals surface area contributed by atoms with Crippen LogP contribution in [-0.2, 0) is 11.3 Å². The Morgan fingerprint density at radius 3 is 2.26 bits per heavy atom. The third kappa shape index (κ3) is 7.90. The van der Waals surface area contributed by atoms with Crippen LogP contribution in [0.3, 0.4) is 0 Å². The van der Waals surface area contributed by atoms with Crippen LogP contribution in [0.15, 0.2) is 60.9 Å². The van der Waals surface area contributed by atoms with Crippen molar-refractivity contribution in [2.45, 2.75) is 44.4 Å². The zero-order valence-electron chi connectivity index (χ0n) is 22.6. The van der Waals surface area contributed by atoms with E-state index in [1.807, 2.05) is 41.3 Å². The van der Waals surface area contributed by atoms with Crippen molar-refractivity contribution < 1.29 is 27.9 Å². The molecule has 2 aliphatic rings. The molecule has 2 fully saturated rings. The fraction of sp³-hybridized carbons (Fsp3) is 0.379. The maximum Gasteiger partial charge on any atom is 0.404 e. The van der Waals surface area contributed by atoms with Gasteiger partial charge in [-0.2, -0.15) is 13.2 Å². The average Bonchev–Trinajstić information content (AvgIpc) is 3.42. The lowest BCUT2D eigenvalue weighted by atomic mass is 9.97. The van der Waals surface area contributed by atoms with Gasteiger partial charge in [-0.15, -0.1) is 24.8 Å². The van der Waals surface area contributed by atoms with Crippen LogP contribution in [-0.4, -0.2) is 63.7 Å². The molecule has 1 aromatic heterocycles. The van der Waals surface area contributed by atoms with E-state index in [0.29, 0.717) is 56.0 Å². The number of nitrogens with one attached hydrogen (secondary N) is 1. The van der Waals surface area contributed by atoms with Gasteiger partial charge in [0.15, 0.2) is 0 Å². The molecule has 0 bridgehead atoms. The minimum atomic E-state index is -4.29. The minimum absolute atomic E-state index is 0.